The molecule has 0 saturated carbocycles. The Kier molecular flexibility index (Phi) is 10.5. The first kappa shape index (κ1) is 34.7. The van der Waals surface area contributed by atoms with Crippen molar-refractivity contribution in [2.24, 2.45) is 7.05 Å². The largest absolute Gasteiger partial charge is 0.493 e. The standard InChI is InChI=1S/C35H41N9O5S/c1-25-29(23-38-33(40-25)28-9-7-12-36-22-28)35(45)43-14-5-6-15-44(50(46,47)32-24-39-41(3)26(32)2)16-8-20-49-31-21-27(10-11-30(31)48-4)34-37-13-17-42(34)18-19-43/h7,9-13,17,21-24H,5-6,8,14-16,18-20H2,1-4H3. The predicted molar refractivity (Wildman–Crippen MR) is 186 cm³/mol. The lowest BCUT2D eigenvalue weighted by atomic mass is 10.1. The van der Waals surface area contributed by atoms with E-state index in [1.807, 2.05) is 41.1 Å². The van der Waals surface area contributed by atoms with Gasteiger partial charge in [0.05, 0.1) is 36.9 Å². The number of carbonyl (C=O) groups excluding carboxylic acids is 1. The molecule has 0 spiro atoms. The molecule has 0 saturated heterocycles. The van der Waals surface area contributed by atoms with Crippen molar-refractivity contribution in [3.63, 3.8) is 0 Å². The minimum absolute atomic E-state index is 0.178. The number of pyridine rings is 1. The number of methoxy groups -OCH3 is 1. The molecule has 5 aromatic rings. The Morgan fingerprint density at radius 3 is 2.48 bits per heavy atom. The summed E-state index contributed by atoms with van der Waals surface area (Å²) in [5.41, 5.74) is 3.11. The van der Waals surface area contributed by atoms with Crippen LogP contribution in [0, 0.1) is 13.8 Å². The van der Waals surface area contributed by atoms with E-state index in [1.54, 1.807) is 62.4 Å². The van der Waals surface area contributed by atoms with E-state index < -0.39 is 10.0 Å². The molecule has 262 valence electrons. The van der Waals surface area contributed by atoms with Crippen LogP contribution in [0.15, 0.2) is 72.4 Å². The fourth-order valence-corrected chi connectivity index (χ4v) is 7.64. The molecule has 1 amide bonds. The molecule has 1 aliphatic heterocycles. The molecule has 0 fully saturated rings. The fourth-order valence-electron chi connectivity index (χ4n) is 5.94. The van der Waals surface area contributed by atoms with Gasteiger partial charge in [-0.1, -0.05) is 0 Å². The van der Waals surface area contributed by atoms with E-state index in [2.05, 4.69) is 25.0 Å². The number of hydrogen-bond donors (Lipinski definition) is 0. The van der Waals surface area contributed by atoms with E-state index in [-0.39, 0.29) is 30.5 Å². The number of carbonyl (C=O) groups is 1. The van der Waals surface area contributed by atoms with Crippen molar-refractivity contribution in [2.75, 3.05) is 39.9 Å². The quantitative estimate of drug-likeness (QED) is 0.262. The SMILES string of the molecule is COc1ccc2cc1OCCCN(S(=O)(=O)c1cnn(C)c1C)CCCCN(C(=O)c1cnc(-c3cccnc3)nc1C)CCn1ccnc1-2. The number of hydrogen-bond acceptors (Lipinski definition) is 10. The van der Waals surface area contributed by atoms with Crippen molar-refractivity contribution in [3.8, 4) is 34.3 Å². The van der Waals surface area contributed by atoms with Gasteiger partial charge in [-0.05, 0) is 63.4 Å². The van der Waals surface area contributed by atoms with Crippen molar-refractivity contribution < 1.29 is 22.7 Å². The molecule has 0 aliphatic carbocycles. The van der Waals surface area contributed by atoms with Crippen LogP contribution in [0.4, 0.5) is 0 Å². The summed E-state index contributed by atoms with van der Waals surface area (Å²) >= 11 is 0. The number of amides is 1. The zero-order valence-electron chi connectivity index (χ0n) is 28.7. The second-order valence-electron chi connectivity index (χ2n) is 12.1. The number of rotatable bonds is 5. The smallest absolute Gasteiger partial charge is 0.257 e. The van der Waals surface area contributed by atoms with Crippen molar-refractivity contribution in [3.05, 3.63) is 84.5 Å². The molecule has 0 radical (unpaired) electrons. The van der Waals surface area contributed by atoms with Crippen LogP contribution in [0.2, 0.25) is 0 Å². The van der Waals surface area contributed by atoms with Crippen LogP contribution in [0.25, 0.3) is 22.8 Å². The van der Waals surface area contributed by atoms with Crippen molar-refractivity contribution in [1.82, 2.24) is 43.5 Å². The average Bonchev–Trinajstić information content (AvgIpc) is 3.74. The number of ether oxygens (including phenoxy) is 2. The van der Waals surface area contributed by atoms with Gasteiger partial charge >= 0.3 is 0 Å². The normalized spacial score (nSPS) is 15.2. The lowest BCUT2D eigenvalue weighted by Crippen LogP contribution is -2.37. The third-order valence-corrected chi connectivity index (χ3v) is 10.9. The Balaban J connectivity index is 1.31. The maximum atomic E-state index is 14.1. The van der Waals surface area contributed by atoms with Crippen LogP contribution in [0.3, 0.4) is 0 Å². The van der Waals surface area contributed by atoms with Gasteiger partial charge in [0.25, 0.3) is 5.91 Å². The van der Waals surface area contributed by atoms with Crippen LogP contribution in [-0.4, -0.2) is 97.7 Å². The maximum absolute atomic E-state index is 14.1. The van der Waals surface area contributed by atoms with Gasteiger partial charge in [-0.3, -0.25) is 14.5 Å². The van der Waals surface area contributed by atoms with Crippen LogP contribution in [0.1, 0.15) is 41.0 Å². The summed E-state index contributed by atoms with van der Waals surface area (Å²) in [5, 5.41) is 4.17. The van der Waals surface area contributed by atoms with Crippen molar-refractivity contribution >= 4 is 15.9 Å². The van der Waals surface area contributed by atoms with Gasteiger partial charge in [-0.15, -0.1) is 0 Å². The summed E-state index contributed by atoms with van der Waals surface area (Å²) in [5.74, 6) is 2.11. The number of benzene rings is 1. The monoisotopic (exact) mass is 699 g/mol. The third-order valence-electron chi connectivity index (χ3n) is 8.87. The van der Waals surface area contributed by atoms with E-state index in [0.29, 0.717) is 73.2 Å². The van der Waals surface area contributed by atoms with Crippen molar-refractivity contribution in [2.45, 2.75) is 44.6 Å². The van der Waals surface area contributed by atoms with E-state index in [0.717, 1.165) is 17.0 Å². The highest BCUT2D eigenvalue weighted by Crippen LogP contribution is 2.32. The number of aromatic nitrogens is 7. The molecule has 0 atom stereocenters. The highest BCUT2D eigenvalue weighted by molar-refractivity contribution is 7.89. The predicted octanol–water partition coefficient (Wildman–Crippen LogP) is 4.16. The van der Waals surface area contributed by atoms with Gasteiger partial charge < -0.3 is 18.9 Å². The van der Waals surface area contributed by atoms with Crippen LogP contribution < -0.4 is 9.47 Å². The number of sulfonamides is 1. The van der Waals surface area contributed by atoms with E-state index in [1.165, 1.54) is 10.5 Å². The summed E-state index contributed by atoms with van der Waals surface area (Å²) in [6, 6.07) is 9.30. The molecule has 1 aliphatic rings. The van der Waals surface area contributed by atoms with Gasteiger partial charge in [-0.2, -0.15) is 9.40 Å². The van der Waals surface area contributed by atoms with Gasteiger partial charge in [0.15, 0.2) is 17.3 Å². The second kappa shape index (κ2) is 15.2. The maximum Gasteiger partial charge on any atom is 0.257 e. The lowest BCUT2D eigenvalue weighted by molar-refractivity contribution is 0.0744. The van der Waals surface area contributed by atoms with Crippen LogP contribution in [0.5, 0.6) is 11.5 Å². The topological polar surface area (TPSA) is 150 Å². The number of nitrogens with zero attached hydrogens (tertiary/aromatic N) is 9. The van der Waals surface area contributed by atoms with E-state index in [9.17, 15) is 13.2 Å². The van der Waals surface area contributed by atoms with E-state index in [4.69, 9.17) is 9.47 Å². The Morgan fingerprint density at radius 2 is 1.74 bits per heavy atom. The molecule has 0 unspecified atom stereocenters. The van der Waals surface area contributed by atoms with Gasteiger partial charge in [-0.25, -0.2) is 23.4 Å². The second-order valence-corrected chi connectivity index (χ2v) is 14.0. The molecule has 6 rings (SSSR count). The van der Waals surface area contributed by atoms with Gasteiger partial charge in [0.1, 0.15) is 10.7 Å². The Hall–Kier alpha value is -5.15. The van der Waals surface area contributed by atoms with E-state index >= 15 is 0 Å². The fraction of sp³-hybridized carbons (Fsp3) is 0.371. The summed E-state index contributed by atoms with van der Waals surface area (Å²) in [6.07, 6.45) is 11.5. The molecule has 14 nitrogen and oxygen atoms in total. The van der Waals surface area contributed by atoms with Gasteiger partial charge in [0, 0.05) is 81.9 Å². The molecule has 50 heavy (non-hydrogen) atoms. The summed E-state index contributed by atoms with van der Waals surface area (Å²) < 4.78 is 44.6. The molecule has 15 heteroatoms. The Morgan fingerprint density at radius 1 is 0.920 bits per heavy atom. The summed E-state index contributed by atoms with van der Waals surface area (Å²) in [4.78, 5) is 34.0. The first-order valence-corrected chi connectivity index (χ1v) is 18.0. The first-order chi connectivity index (χ1) is 24.2. The lowest BCUT2D eigenvalue weighted by Gasteiger charge is -2.25. The zero-order valence-corrected chi connectivity index (χ0v) is 29.5. The molecular formula is C35H41N9O5S. The molecular weight excluding hydrogens is 659 g/mol. The number of imidazole rings is 1. The van der Waals surface area contributed by atoms with Crippen molar-refractivity contribution in [1.29, 1.82) is 0 Å². The van der Waals surface area contributed by atoms with Gasteiger partial charge in [0.2, 0.25) is 10.0 Å². The van der Waals surface area contributed by atoms with Crippen LogP contribution in [-0.2, 0) is 23.6 Å². The average molecular weight is 700 g/mol. The zero-order chi connectivity index (χ0) is 35.3. The summed E-state index contributed by atoms with van der Waals surface area (Å²) in [6.45, 7) is 5.58. The molecule has 2 bridgehead atoms. The highest BCUT2D eigenvalue weighted by Gasteiger charge is 2.28. The summed E-state index contributed by atoms with van der Waals surface area (Å²) in [7, 11) is -0.544. The third kappa shape index (κ3) is 7.38. The first-order valence-electron chi connectivity index (χ1n) is 16.5. The number of fused-ring (bicyclic) bond motifs is 4. The highest BCUT2D eigenvalue weighted by atomic mass is 32.2. The molecule has 5 heterocycles. The molecule has 4 aromatic heterocycles. The Bertz CT molecular complexity index is 2060. The van der Waals surface area contributed by atoms with Crippen LogP contribution >= 0.6 is 0 Å². The molecule has 0 N–H and O–H groups in total. The minimum Gasteiger partial charge on any atom is -0.493 e. The number of aryl methyl sites for hydroxylation is 2. The molecule has 1 aromatic carbocycles. The minimum atomic E-state index is -3.84. The Labute approximate surface area is 291 Å².